The van der Waals surface area contributed by atoms with Crippen molar-refractivity contribution in [3.63, 3.8) is 0 Å². The van der Waals surface area contributed by atoms with Crippen molar-refractivity contribution >= 4 is 0 Å². The number of nitrogens with zero attached hydrogens (tertiary/aromatic N) is 1. The summed E-state index contributed by atoms with van der Waals surface area (Å²) in [4.78, 5) is 25.4. The minimum atomic E-state index is -2.64. The molecule has 3 atom stereocenters. The summed E-state index contributed by atoms with van der Waals surface area (Å²) >= 11 is 0. The molecule has 3 unspecified atom stereocenters. The number of nitrogens with one attached hydrogen (secondary N) is 1. The number of aliphatic hydroxyl groups excluding tert-OH is 1. The van der Waals surface area contributed by atoms with Crippen molar-refractivity contribution in [1.29, 1.82) is 0 Å². The van der Waals surface area contributed by atoms with Crippen molar-refractivity contribution < 1.29 is 18.7 Å². The number of H-pyrrole nitrogens is 1. The Kier molecular flexibility index (Phi) is 2.66. The van der Waals surface area contributed by atoms with Crippen molar-refractivity contribution in [3.8, 4) is 0 Å². The minimum Gasteiger partial charge on any atom is -0.394 e. The van der Waals surface area contributed by atoms with E-state index in [0.717, 1.165) is 10.8 Å². The van der Waals surface area contributed by atoms with E-state index in [1.54, 1.807) is 0 Å². The maximum atomic E-state index is 11.8. The molecule has 2 heterocycles. The first-order chi connectivity index (χ1) is 9.77. The van der Waals surface area contributed by atoms with Crippen LogP contribution in [-0.4, -0.2) is 40.6 Å². The normalized spacial score (nSPS) is 30.8. The maximum Gasteiger partial charge on any atom is 0.330 e. The number of hydrogen-bond donors (Lipinski definition) is 2. The van der Waals surface area contributed by atoms with E-state index in [9.17, 15) is 14.7 Å². The van der Waals surface area contributed by atoms with Crippen molar-refractivity contribution in [2.75, 3.05) is 13.7 Å². The monoisotopic (exact) mass is 259 g/mol. The van der Waals surface area contributed by atoms with E-state index in [0.29, 0.717) is 0 Å². The van der Waals surface area contributed by atoms with E-state index in [1.165, 1.54) is 7.11 Å². The summed E-state index contributed by atoms with van der Waals surface area (Å²) in [6.07, 6.45) is -0.609. The van der Waals surface area contributed by atoms with Crippen LogP contribution >= 0.6 is 0 Å². The van der Waals surface area contributed by atoms with E-state index in [1.807, 2.05) is 4.98 Å². The second kappa shape index (κ2) is 5.05. The number of rotatable bonds is 3. The lowest BCUT2D eigenvalue weighted by atomic mass is 10.2. The molecule has 7 nitrogen and oxygen atoms in total. The summed E-state index contributed by atoms with van der Waals surface area (Å²) in [5, 5.41) is 9.19. The Morgan fingerprint density at radius 1 is 1.72 bits per heavy atom. The molecule has 0 saturated carbocycles. The molecule has 1 aliphatic rings. The molecule has 0 bridgehead atoms. The van der Waals surface area contributed by atoms with Crippen LogP contribution in [0.1, 0.15) is 22.3 Å². The average molecular weight is 259 g/mol. The lowest BCUT2D eigenvalue weighted by Gasteiger charge is -2.14. The molecule has 0 amide bonds. The van der Waals surface area contributed by atoms with Gasteiger partial charge in [-0.15, -0.1) is 0 Å². The molecule has 1 saturated heterocycles. The smallest absolute Gasteiger partial charge is 0.330 e. The molecule has 1 aromatic rings. The highest BCUT2D eigenvalue weighted by molar-refractivity contribution is 5.02. The average Bonchev–Trinajstić information content (AvgIpc) is 2.80. The number of aromatic nitrogens is 2. The Morgan fingerprint density at radius 3 is 3.06 bits per heavy atom. The fourth-order valence-corrected chi connectivity index (χ4v) is 1.98. The molecular formula is C11H16N2O5. The molecule has 2 N–H and O–H groups in total. The second-order valence-electron chi connectivity index (χ2n) is 4.03. The predicted octanol–water partition coefficient (Wildman–Crippen LogP) is -0.860. The maximum absolute atomic E-state index is 11.8. The third kappa shape index (κ3) is 2.24. The molecule has 1 aliphatic heterocycles. The molecule has 1 fully saturated rings. The van der Waals surface area contributed by atoms with Crippen LogP contribution in [0.25, 0.3) is 0 Å². The zero-order chi connectivity index (χ0) is 15.8. The fraction of sp³-hybridized carbons (Fsp3) is 0.636. The van der Waals surface area contributed by atoms with Crippen LogP contribution in [0.2, 0.25) is 0 Å². The van der Waals surface area contributed by atoms with E-state index in [4.69, 9.17) is 13.6 Å². The summed E-state index contributed by atoms with van der Waals surface area (Å²) in [5.41, 5.74) is -2.21. The first-order valence-corrected chi connectivity index (χ1v) is 5.43. The van der Waals surface area contributed by atoms with Gasteiger partial charge in [-0.05, 0) is 6.85 Å². The molecular weight excluding hydrogens is 240 g/mol. The number of methoxy groups -OCH3 is 1. The van der Waals surface area contributed by atoms with Crippen LogP contribution in [-0.2, 0) is 9.47 Å². The zero-order valence-corrected chi connectivity index (χ0v) is 9.75. The summed E-state index contributed by atoms with van der Waals surface area (Å²) in [5.74, 6) is 0. The standard InChI is InChI=1S/C11H16N2O5/c1-6-4-13(11(16)12-10(6)15)9-3-7(17-2)8(5-14)18-9/h4,7-9,14H,3,5H2,1-2H3,(H,12,15,16)/i1D3. The van der Waals surface area contributed by atoms with Gasteiger partial charge in [-0.25, -0.2) is 4.79 Å². The second-order valence-corrected chi connectivity index (χ2v) is 4.03. The van der Waals surface area contributed by atoms with E-state index >= 15 is 0 Å². The molecule has 18 heavy (non-hydrogen) atoms. The molecule has 0 spiro atoms. The van der Waals surface area contributed by atoms with Gasteiger partial charge < -0.3 is 14.6 Å². The van der Waals surface area contributed by atoms with Gasteiger partial charge in [0.25, 0.3) is 5.56 Å². The van der Waals surface area contributed by atoms with Crippen molar-refractivity contribution in [2.45, 2.75) is 31.7 Å². The highest BCUT2D eigenvalue weighted by Gasteiger charge is 2.36. The fourth-order valence-electron chi connectivity index (χ4n) is 1.98. The van der Waals surface area contributed by atoms with Crippen molar-refractivity contribution in [3.05, 3.63) is 32.6 Å². The number of ether oxygens (including phenoxy) is 2. The topological polar surface area (TPSA) is 93.6 Å². The number of aromatic amines is 1. The van der Waals surface area contributed by atoms with Gasteiger partial charge in [0.2, 0.25) is 0 Å². The Labute approximate surface area is 107 Å². The molecule has 1 aromatic heterocycles. The van der Waals surface area contributed by atoms with Gasteiger partial charge in [-0.1, -0.05) is 0 Å². The van der Waals surface area contributed by atoms with Crippen LogP contribution < -0.4 is 11.2 Å². The van der Waals surface area contributed by atoms with E-state index < -0.39 is 42.1 Å². The van der Waals surface area contributed by atoms with E-state index in [2.05, 4.69) is 0 Å². The molecule has 0 aliphatic carbocycles. The highest BCUT2D eigenvalue weighted by atomic mass is 16.6. The van der Waals surface area contributed by atoms with E-state index in [-0.39, 0.29) is 13.0 Å². The highest BCUT2D eigenvalue weighted by Crippen LogP contribution is 2.29. The first-order valence-electron chi connectivity index (χ1n) is 6.93. The van der Waals surface area contributed by atoms with Gasteiger partial charge in [-0.2, -0.15) is 0 Å². The van der Waals surface area contributed by atoms with Gasteiger partial charge in [0, 0.05) is 29.4 Å². The third-order valence-electron chi connectivity index (χ3n) is 2.94. The van der Waals surface area contributed by atoms with Crippen LogP contribution in [0.5, 0.6) is 0 Å². The van der Waals surface area contributed by atoms with Gasteiger partial charge in [0.15, 0.2) is 0 Å². The number of aryl methyl sites for hydroxylation is 1. The summed E-state index contributed by atoms with van der Waals surface area (Å²) in [6, 6.07) is 0. The minimum absolute atomic E-state index is 0.258. The van der Waals surface area contributed by atoms with Crippen molar-refractivity contribution in [2.24, 2.45) is 0 Å². The van der Waals surface area contributed by atoms with Crippen molar-refractivity contribution in [1.82, 2.24) is 9.55 Å². The zero-order valence-electron chi connectivity index (χ0n) is 12.8. The van der Waals surface area contributed by atoms with Crippen LogP contribution in [0.15, 0.2) is 15.8 Å². The number of hydrogen-bond acceptors (Lipinski definition) is 5. The van der Waals surface area contributed by atoms with Crippen LogP contribution in [0.4, 0.5) is 0 Å². The lowest BCUT2D eigenvalue weighted by Crippen LogP contribution is -2.33. The van der Waals surface area contributed by atoms with Gasteiger partial charge in [-0.3, -0.25) is 14.3 Å². The quantitative estimate of drug-likeness (QED) is 0.736. The molecule has 0 aromatic carbocycles. The predicted molar refractivity (Wildman–Crippen MR) is 62.5 cm³/mol. The van der Waals surface area contributed by atoms with Gasteiger partial charge >= 0.3 is 5.69 Å². The third-order valence-corrected chi connectivity index (χ3v) is 2.94. The Balaban J connectivity index is 2.42. The number of aliphatic hydroxyl groups is 1. The summed E-state index contributed by atoms with van der Waals surface area (Å²) in [6.45, 7) is -2.93. The van der Waals surface area contributed by atoms with Crippen LogP contribution in [0, 0.1) is 6.85 Å². The molecule has 0 radical (unpaired) electrons. The van der Waals surface area contributed by atoms with Gasteiger partial charge in [0.05, 0.1) is 12.7 Å². The largest absolute Gasteiger partial charge is 0.394 e. The Morgan fingerprint density at radius 2 is 2.50 bits per heavy atom. The molecule has 7 heteroatoms. The molecule has 100 valence electrons. The van der Waals surface area contributed by atoms with Gasteiger partial charge in [0.1, 0.15) is 12.3 Å². The first kappa shape index (κ1) is 9.48. The molecule has 2 rings (SSSR count). The summed E-state index contributed by atoms with van der Waals surface area (Å²) < 4.78 is 33.5. The van der Waals surface area contributed by atoms with Crippen LogP contribution in [0.3, 0.4) is 0 Å². The lowest BCUT2D eigenvalue weighted by molar-refractivity contribution is -0.0535. The summed E-state index contributed by atoms with van der Waals surface area (Å²) in [7, 11) is 1.45. The Bertz CT molecular complexity index is 612. The SMILES string of the molecule is [2H]C([2H])([2H])c1cn(C2CC(OC)C(CO)O2)c(=O)[nH]c1=O. The Hall–Kier alpha value is -1.44.